The molecule has 1 N–H and O–H groups in total. The second-order valence-electron chi connectivity index (χ2n) is 4.94. The molecule has 0 fully saturated rings. The van der Waals surface area contributed by atoms with Gasteiger partial charge in [-0.05, 0) is 44.2 Å². The number of carbonyl (C=O) groups excluding carboxylic acids is 2. The van der Waals surface area contributed by atoms with E-state index in [4.69, 9.17) is 16.3 Å². The van der Waals surface area contributed by atoms with Crippen molar-refractivity contribution in [2.45, 2.75) is 20.0 Å². The highest BCUT2D eigenvalue weighted by Crippen LogP contribution is 2.27. The first-order valence-corrected chi connectivity index (χ1v) is 7.21. The number of nitrogens with one attached hydrogen (secondary N) is 1. The Labute approximate surface area is 134 Å². The van der Waals surface area contributed by atoms with E-state index in [1.54, 1.807) is 36.4 Å². The molecule has 0 bridgehead atoms. The van der Waals surface area contributed by atoms with Crippen LogP contribution in [0.3, 0.4) is 0 Å². The van der Waals surface area contributed by atoms with Crippen LogP contribution >= 0.6 is 11.6 Å². The zero-order valence-corrected chi connectivity index (χ0v) is 13.1. The Kier molecular flexibility index (Phi) is 5.17. The van der Waals surface area contributed by atoms with Gasteiger partial charge in [-0.1, -0.05) is 23.7 Å². The lowest BCUT2D eigenvalue weighted by Crippen LogP contribution is -2.12. The maximum atomic E-state index is 12.8. The van der Waals surface area contributed by atoms with Crippen molar-refractivity contribution < 1.29 is 14.3 Å². The largest absolute Gasteiger partial charge is 0.490 e. The van der Waals surface area contributed by atoms with Crippen molar-refractivity contribution in [1.29, 1.82) is 0 Å². The Balaban J connectivity index is 2.48. The highest BCUT2D eigenvalue weighted by Gasteiger charge is 2.18. The summed E-state index contributed by atoms with van der Waals surface area (Å²) in [5, 5.41) is 2.93. The number of carbonyl (C=O) groups is 2. The maximum absolute atomic E-state index is 12.8. The van der Waals surface area contributed by atoms with Gasteiger partial charge in [0, 0.05) is 10.6 Å². The van der Waals surface area contributed by atoms with E-state index in [9.17, 15) is 9.59 Å². The third kappa shape index (κ3) is 3.65. The van der Waals surface area contributed by atoms with Crippen molar-refractivity contribution >= 4 is 29.5 Å². The molecule has 0 spiro atoms. The van der Waals surface area contributed by atoms with Crippen molar-refractivity contribution in [3.8, 4) is 5.75 Å². The molecule has 2 aromatic rings. The van der Waals surface area contributed by atoms with Crippen LogP contribution in [0.2, 0.25) is 5.02 Å². The van der Waals surface area contributed by atoms with Crippen molar-refractivity contribution in [2.24, 2.45) is 0 Å². The molecule has 0 heterocycles. The summed E-state index contributed by atoms with van der Waals surface area (Å²) in [5.74, 6) is 0.239. The molecule has 2 rings (SSSR count). The Morgan fingerprint density at radius 1 is 1.18 bits per heavy atom. The van der Waals surface area contributed by atoms with Crippen LogP contribution in [0.1, 0.15) is 29.8 Å². The van der Waals surface area contributed by atoms with E-state index in [-0.39, 0.29) is 11.9 Å². The predicted molar refractivity (Wildman–Crippen MR) is 86.8 cm³/mol. The van der Waals surface area contributed by atoms with Crippen LogP contribution in [-0.4, -0.2) is 18.3 Å². The Morgan fingerprint density at radius 3 is 2.59 bits per heavy atom. The lowest BCUT2D eigenvalue weighted by molar-refractivity contribution is -0.105. The number of hydrogen-bond donors (Lipinski definition) is 1. The molecule has 0 aliphatic heterocycles. The second-order valence-corrected chi connectivity index (χ2v) is 5.38. The monoisotopic (exact) mass is 317 g/mol. The molecular formula is C17H16ClNO3. The number of ketones is 1. The van der Waals surface area contributed by atoms with Gasteiger partial charge in [0.2, 0.25) is 6.41 Å². The van der Waals surface area contributed by atoms with Crippen LogP contribution in [0.4, 0.5) is 5.69 Å². The summed E-state index contributed by atoms with van der Waals surface area (Å²) in [6, 6.07) is 11.7. The molecule has 0 aliphatic rings. The topological polar surface area (TPSA) is 55.4 Å². The summed E-state index contributed by atoms with van der Waals surface area (Å²) in [4.78, 5) is 23.5. The number of benzene rings is 2. The Morgan fingerprint density at radius 2 is 1.91 bits per heavy atom. The minimum Gasteiger partial charge on any atom is -0.490 e. The molecule has 0 aliphatic carbocycles. The average Bonchev–Trinajstić information content (AvgIpc) is 2.48. The number of anilines is 1. The van der Waals surface area contributed by atoms with Crippen LogP contribution in [0.25, 0.3) is 0 Å². The van der Waals surface area contributed by atoms with Gasteiger partial charge in [-0.15, -0.1) is 0 Å². The third-order valence-corrected chi connectivity index (χ3v) is 3.17. The van der Waals surface area contributed by atoms with Crippen LogP contribution in [0.15, 0.2) is 42.5 Å². The number of para-hydroxylation sites is 1. The maximum Gasteiger partial charge on any atom is 0.211 e. The van der Waals surface area contributed by atoms with Crippen LogP contribution < -0.4 is 10.1 Å². The molecule has 22 heavy (non-hydrogen) atoms. The molecule has 0 saturated heterocycles. The van der Waals surface area contributed by atoms with Gasteiger partial charge in [0.05, 0.1) is 17.4 Å². The van der Waals surface area contributed by atoms with Gasteiger partial charge < -0.3 is 10.1 Å². The molecule has 0 unspecified atom stereocenters. The first kappa shape index (κ1) is 16.0. The van der Waals surface area contributed by atoms with E-state index >= 15 is 0 Å². The normalized spacial score (nSPS) is 10.4. The predicted octanol–water partition coefficient (Wildman–Crippen LogP) is 3.93. The number of amides is 1. The Bertz CT molecular complexity index is 698. The molecule has 0 aromatic heterocycles. The van der Waals surface area contributed by atoms with Crippen LogP contribution in [0, 0.1) is 0 Å². The summed E-state index contributed by atoms with van der Waals surface area (Å²) < 4.78 is 5.67. The molecule has 114 valence electrons. The van der Waals surface area contributed by atoms with Gasteiger partial charge in [-0.3, -0.25) is 9.59 Å². The summed E-state index contributed by atoms with van der Waals surface area (Å²) in [5.41, 5.74) is 1.15. The van der Waals surface area contributed by atoms with Gasteiger partial charge in [0.1, 0.15) is 5.75 Å². The fraction of sp³-hybridized carbons (Fsp3) is 0.176. The zero-order chi connectivity index (χ0) is 16.1. The van der Waals surface area contributed by atoms with Gasteiger partial charge >= 0.3 is 0 Å². The lowest BCUT2D eigenvalue weighted by atomic mass is 10.0. The number of hydrogen-bond acceptors (Lipinski definition) is 3. The van der Waals surface area contributed by atoms with Gasteiger partial charge in [-0.25, -0.2) is 0 Å². The lowest BCUT2D eigenvalue weighted by Gasteiger charge is -2.14. The van der Waals surface area contributed by atoms with E-state index in [0.29, 0.717) is 34.0 Å². The van der Waals surface area contributed by atoms with Crippen molar-refractivity contribution in [1.82, 2.24) is 0 Å². The number of rotatable bonds is 6. The first-order valence-electron chi connectivity index (χ1n) is 6.83. The van der Waals surface area contributed by atoms with Crippen LogP contribution in [0.5, 0.6) is 5.75 Å². The van der Waals surface area contributed by atoms with Gasteiger partial charge in [0.15, 0.2) is 5.78 Å². The number of ether oxygens (including phenoxy) is 1. The van der Waals surface area contributed by atoms with E-state index in [2.05, 4.69) is 5.32 Å². The summed E-state index contributed by atoms with van der Waals surface area (Å²) in [6.45, 7) is 3.78. The molecule has 1 amide bonds. The van der Waals surface area contributed by atoms with Crippen LogP contribution in [-0.2, 0) is 4.79 Å². The molecule has 0 atom stereocenters. The molecule has 0 radical (unpaired) electrons. The smallest absolute Gasteiger partial charge is 0.211 e. The zero-order valence-electron chi connectivity index (χ0n) is 12.3. The fourth-order valence-electron chi connectivity index (χ4n) is 2.05. The first-order chi connectivity index (χ1) is 10.5. The minimum atomic E-state index is -0.261. The SMILES string of the molecule is CC(C)Oc1ccccc1C(=O)c1cc(Cl)ccc1NC=O. The summed E-state index contributed by atoms with van der Waals surface area (Å²) >= 11 is 5.97. The van der Waals surface area contributed by atoms with E-state index in [0.717, 1.165) is 0 Å². The van der Waals surface area contributed by atoms with E-state index in [1.165, 1.54) is 6.07 Å². The fourth-order valence-corrected chi connectivity index (χ4v) is 2.22. The third-order valence-electron chi connectivity index (χ3n) is 2.94. The molecule has 0 saturated carbocycles. The number of halogens is 1. The van der Waals surface area contributed by atoms with Crippen molar-refractivity contribution in [3.63, 3.8) is 0 Å². The van der Waals surface area contributed by atoms with Crippen molar-refractivity contribution in [3.05, 3.63) is 58.6 Å². The standard InChI is InChI=1S/C17H16ClNO3/c1-11(2)22-16-6-4-3-5-13(16)17(21)14-9-12(18)7-8-15(14)19-10-20/h3-11H,1-2H3,(H,19,20). The molecule has 5 heteroatoms. The summed E-state index contributed by atoms with van der Waals surface area (Å²) in [7, 11) is 0. The molecular weight excluding hydrogens is 302 g/mol. The van der Waals surface area contributed by atoms with Crippen molar-refractivity contribution in [2.75, 3.05) is 5.32 Å². The quantitative estimate of drug-likeness (QED) is 0.649. The average molecular weight is 318 g/mol. The van der Waals surface area contributed by atoms with E-state index in [1.807, 2.05) is 13.8 Å². The van der Waals surface area contributed by atoms with Gasteiger partial charge in [0.25, 0.3) is 0 Å². The minimum absolute atomic E-state index is 0.0547. The van der Waals surface area contributed by atoms with E-state index < -0.39 is 0 Å². The summed E-state index contributed by atoms with van der Waals surface area (Å²) in [6.07, 6.45) is 0.470. The molecule has 4 nitrogen and oxygen atoms in total. The molecule has 2 aromatic carbocycles. The van der Waals surface area contributed by atoms with Gasteiger partial charge in [-0.2, -0.15) is 0 Å². The Hall–Kier alpha value is -2.33. The second kappa shape index (κ2) is 7.09. The highest BCUT2D eigenvalue weighted by molar-refractivity contribution is 6.31. The highest BCUT2D eigenvalue weighted by atomic mass is 35.5.